The fraction of sp³-hybridized carbons (Fsp3) is 0.393. The van der Waals surface area contributed by atoms with Gasteiger partial charge in [0.1, 0.15) is 5.75 Å². The normalized spacial score (nSPS) is 26.9. The van der Waals surface area contributed by atoms with E-state index in [1.54, 1.807) is 18.2 Å². The molecule has 1 amide bonds. The molecule has 5 nitrogen and oxygen atoms in total. The number of nitrogens with zero attached hydrogens (tertiary/aromatic N) is 1. The predicted molar refractivity (Wildman–Crippen MR) is 132 cm³/mol. The Kier molecular flexibility index (Phi) is 7.29. The van der Waals surface area contributed by atoms with Gasteiger partial charge in [-0.25, -0.2) is 0 Å². The van der Waals surface area contributed by atoms with E-state index in [4.69, 9.17) is 0 Å². The summed E-state index contributed by atoms with van der Waals surface area (Å²) in [6.07, 6.45) is 2.11. The molecule has 0 aromatic heterocycles. The monoisotopic (exact) mass is 500 g/mol. The number of carbonyl (C=O) groups is 1. The summed E-state index contributed by atoms with van der Waals surface area (Å²) >= 11 is 0. The number of rotatable bonds is 6. The van der Waals surface area contributed by atoms with Gasteiger partial charge in [-0.3, -0.25) is 9.69 Å². The van der Waals surface area contributed by atoms with Gasteiger partial charge in [0.05, 0.1) is 11.2 Å². The standard InChI is InChI=1S/C28H31F3N2O3/c1-2-14-33-15-13-26(21-6-4-8-24(34)17-21)18-23(11-12-27(26,36)19-33)32-25(35)10-9-20-5-3-7-22(16-20)28(29,30)31/h2-10,16-17,23,34,36H,1,11-15,18-19H2,(H,32,35). The number of alkyl halides is 3. The van der Waals surface area contributed by atoms with Crippen molar-refractivity contribution in [3.8, 4) is 5.75 Å². The lowest BCUT2D eigenvalue weighted by atomic mass is 9.55. The SMILES string of the molecule is C=CCN1CCC2(c3cccc(O)c3)CC(NC(=O)C=Cc3cccc(C(F)(F)F)c3)CCC2(O)C1. The maximum atomic E-state index is 13.0. The summed E-state index contributed by atoms with van der Waals surface area (Å²) in [5.41, 5.74) is -1.36. The minimum absolute atomic E-state index is 0.118. The van der Waals surface area contributed by atoms with Crippen LogP contribution in [0.5, 0.6) is 5.75 Å². The number of likely N-dealkylation sites (tertiary alicyclic amines) is 1. The highest BCUT2D eigenvalue weighted by molar-refractivity contribution is 5.92. The molecule has 1 saturated carbocycles. The van der Waals surface area contributed by atoms with Gasteiger partial charge in [0.25, 0.3) is 0 Å². The molecule has 1 aliphatic heterocycles. The molecule has 3 N–H and O–H groups in total. The van der Waals surface area contributed by atoms with Crippen LogP contribution < -0.4 is 5.32 Å². The summed E-state index contributed by atoms with van der Waals surface area (Å²) in [6.45, 7) is 5.67. The van der Waals surface area contributed by atoms with E-state index in [1.807, 2.05) is 12.1 Å². The number of fused-ring (bicyclic) bond motifs is 1. The molecule has 1 aliphatic carbocycles. The number of phenols is 1. The minimum Gasteiger partial charge on any atom is -0.508 e. The molecular weight excluding hydrogens is 469 g/mol. The zero-order valence-electron chi connectivity index (χ0n) is 20.0. The lowest BCUT2D eigenvalue weighted by molar-refractivity contribution is -0.137. The Morgan fingerprint density at radius 2 is 1.97 bits per heavy atom. The van der Waals surface area contributed by atoms with E-state index in [2.05, 4.69) is 16.8 Å². The highest BCUT2D eigenvalue weighted by Gasteiger charge is 2.57. The first-order valence-electron chi connectivity index (χ1n) is 12.1. The largest absolute Gasteiger partial charge is 0.508 e. The van der Waals surface area contributed by atoms with Crippen molar-refractivity contribution >= 4 is 12.0 Å². The molecule has 2 aromatic carbocycles. The number of aromatic hydroxyl groups is 1. The minimum atomic E-state index is -4.45. The van der Waals surface area contributed by atoms with Gasteiger partial charge in [-0.2, -0.15) is 13.2 Å². The van der Waals surface area contributed by atoms with Crippen molar-refractivity contribution in [1.29, 1.82) is 0 Å². The van der Waals surface area contributed by atoms with Crippen molar-refractivity contribution in [2.75, 3.05) is 19.6 Å². The van der Waals surface area contributed by atoms with Crippen LogP contribution in [0, 0.1) is 0 Å². The van der Waals surface area contributed by atoms with E-state index in [0.717, 1.165) is 24.2 Å². The van der Waals surface area contributed by atoms with E-state index >= 15 is 0 Å². The number of carbonyl (C=O) groups excluding carboxylic acids is 1. The summed E-state index contributed by atoms with van der Waals surface area (Å²) in [7, 11) is 0. The van der Waals surface area contributed by atoms with Gasteiger partial charge in [0.15, 0.2) is 0 Å². The fourth-order valence-corrected chi connectivity index (χ4v) is 5.76. The number of amides is 1. The van der Waals surface area contributed by atoms with Crippen LogP contribution in [0.3, 0.4) is 0 Å². The van der Waals surface area contributed by atoms with Crippen LogP contribution in [0.25, 0.3) is 6.08 Å². The quantitative estimate of drug-likeness (QED) is 0.399. The van der Waals surface area contributed by atoms with Crippen LogP contribution in [0.4, 0.5) is 13.2 Å². The van der Waals surface area contributed by atoms with Gasteiger partial charge in [0, 0.05) is 30.6 Å². The van der Waals surface area contributed by atoms with Crippen molar-refractivity contribution in [2.45, 2.75) is 48.9 Å². The highest BCUT2D eigenvalue weighted by Crippen LogP contribution is 2.52. The van der Waals surface area contributed by atoms with Crippen LogP contribution in [-0.2, 0) is 16.4 Å². The Morgan fingerprint density at radius 3 is 2.69 bits per heavy atom. The van der Waals surface area contributed by atoms with E-state index in [1.165, 1.54) is 24.3 Å². The zero-order chi connectivity index (χ0) is 26.0. The Bertz CT molecular complexity index is 1150. The lowest BCUT2D eigenvalue weighted by Gasteiger charge is -2.58. The topological polar surface area (TPSA) is 72.8 Å². The summed E-state index contributed by atoms with van der Waals surface area (Å²) in [4.78, 5) is 14.9. The summed E-state index contributed by atoms with van der Waals surface area (Å²) < 4.78 is 38.9. The number of hydrogen-bond acceptors (Lipinski definition) is 4. The van der Waals surface area contributed by atoms with E-state index < -0.39 is 28.7 Å². The summed E-state index contributed by atoms with van der Waals surface area (Å²) in [5.74, 6) is -0.286. The Morgan fingerprint density at radius 1 is 1.19 bits per heavy atom. The van der Waals surface area contributed by atoms with Crippen LogP contribution in [0.2, 0.25) is 0 Å². The predicted octanol–water partition coefficient (Wildman–Crippen LogP) is 4.65. The number of halogens is 3. The average Bonchev–Trinajstić information content (AvgIpc) is 2.83. The van der Waals surface area contributed by atoms with Crippen molar-refractivity contribution in [3.63, 3.8) is 0 Å². The first kappa shape index (κ1) is 26.0. The molecule has 36 heavy (non-hydrogen) atoms. The Labute approximate surface area is 208 Å². The second kappa shape index (κ2) is 10.1. The second-order valence-corrected chi connectivity index (χ2v) is 9.84. The smallest absolute Gasteiger partial charge is 0.416 e. The lowest BCUT2D eigenvalue weighted by Crippen LogP contribution is -2.67. The molecule has 4 rings (SSSR count). The van der Waals surface area contributed by atoms with Crippen LogP contribution in [-0.4, -0.2) is 52.3 Å². The molecule has 3 atom stereocenters. The highest BCUT2D eigenvalue weighted by atomic mass is 19.4. The molecular formula is C28H31F3N2O3. The molecule has 2 aromatic rings. The molecule has 2 aliphatic rings. The third kappa shape index (κ3) is 5.34. The number of benzene rings is 2. The van der Waals surface area contributed by atoms with Crippen molar-refractivity contribution < 1.29 is 28.2 Å². The van der Waals surface area contributed by atoms with E-state index in [9.17, 15) is 28.2 Å². The van der Waals surface area contributed by atoms with Crippen LogP contribution >= 0.6 is 0 Å². The molecule has 3 unspecified atom stereocenters. The van der Waals surface area contributed by atoms with Crippen molar-refractivity contribution in [1.82, 2.24) is 10.2 Å². The Hall–Kier alpha value is -3.10. The Balaban J connectivity index is 1.53. The number of phenolic OH excluding ortho intramolecular Hbond substituents is 1. The number of hydrogen-bond donors (Lipinski definition) is 3. The van der Waals surface area contributed by atoms with Gasteiger partial charge >= 0.3 is 6.18 Å². The molecule has 1 saturated heterocycles. The third-order valence-corrected chi connectivity index (χ3v) is 7.51. The first-order chi connectivity index (χ1) is 17.0. The number of nitrogens with one attached hydrogen (secondary N) is 1. The molecule has 2 fully saturated rings. The summed E-state index contributed by atoms with van der Waals surface area (Å²) in [5, 5.41) is 25.0. The van der Waals surface area contributed by atoms with E-state index in [0.29, 0.717) is 38.8 Å². The maximum Gasteiger partial charge on any atom is 0.416 e. The van der Waals surface area contributed by atoms with Gasteiger partial charge in [0.2, 0.25) is 5.91 Å². The molecule has 1 heterocycles. The molecule has 0 radical (unpaired) electrons. The van der Waals surface area contributed by atoms with Gasteiger partial charge in [-0.15, -0.1) is 6.58 Å². The molecule has 0 spiro atoms. The number of aliphatic hydroxyl groups is 1. The summed E-state index contributed by atoms with van der Waals surface area (Å²) in [6, 6.07) is 11.5. The van der Waals surface area contributed by atoms with Crippen LogP contribution in [0.1, 0.15) is 42.4 Å². The first-order valence-corrected chi connectivity index (χ1v) is 12.1. The van der Waals surface area contributed by atoms with Crippen molar-refractivity contribution in [3.05, 3.63) is 84.0 Å². The van der Waals surface area contributed by atoms with Crippen LogP contribution in [0.15, 0.2) is 67.3 Å². The second-order valence-electron chi connectivity index (χ2n) is 9.84. The van der Waals surface area contributed by atoms with Gasteiger partial charge in [-0.1, -0.05) is 30.3 Å². The van der Waals surface area contributed by atoms with Gasteiger partial charge in [-0.05, 0) is 73.7 Å². The van der Waals surface area contributed by atoms with Crippen molar-refractivity contribution in [2.24, 2.45) is 0 Å². The average molecular weight is 501 g/mol. The fourth-order valence-electron chi connectivity index (χ4n) is 5.76. The zero-order valence-corrected chi connectivity index (χ0v) is 20.0. The molecule has 8 heteroatoms. The number of piperidine rings is 1. The molecule has 192 valence electrons. The number of β-amino-alcohol motifs (C(OH)–C–C–N with tert-alkyl or cyclic N) is 1. The molecule has 0 bridgehead atoms. The third-order valence-electron chi connectivity index (χ3n) is 7.51. The van der Waals surface area contributed by atoms with E-state index in [-0.39, 0.29) is 17.4 Å². The van der Waals surface area contributed by atoms with Gasteiger partial charge < -0.3 is 15.5 Å². The maximum absolute atomic E-state index is 13.0.